The molecule has 0 saturated carbocycles. The molecule has 1 aromatic heterocycles. The van der Waals surface area contributed by atoms with E-state index in [0.717, 1.165) is 29.9 Å². The number of nitrogens with zero attached hydrogens (tertiary/aromatic N) is 1. The van der Waals surface area contributed by atoms with Crippen LogP contribution in [0.3, 0.4) is 0 Å². The van der Waals surface area contributed by atoms with Crippen molar-refractivity contribution in [2.75, 3.05) is 34.4 Å². The first-order valence-electron chi connectivity index (χ1n) is 11.3. The second kappa shape index (κ2) is 11.8. The first kappa shape index (κ1) is 26.3. The molecule has 0 atom stereocenters. The van der Waals surface area contributed by atoms with E-state index >= 15 is 0 Å². The van der Waals surface area contributed by atoms with Gasteiger partial charge < -0.3 is 23.5 Å². The van der Waals surface area contributed by atoms with E-state index < -0.39 is 5.41 Å². The molecule has 0 aliphatic heterocycles. The minimum Gasteiger partial charge on any atom is -0.496 e. The summed E-state index contributed by atoms with van der Waals surface area (Å²) < 4.78 is 21.5. The van der Waals surface area contributed by atoms with E-state index in [1.807, 2.05) is 44.7 Å². The largest absolute Gasteiger partial charge is 0.496 e. The second-order valence-electron chi connectivity index (χ2n) is 8.89. The van der Waals surface area contributed by atoms with Gasteiger partial charge in [-0.2, -0.15) is 0 Å². The minimum absolute atomic E-state index is 0.0990. The summed E-state index contributed by atoms with van der Waals surface area (Å²) in [6, 6.07) is 7.41. The Hall–Kier alpha value is -2.96. The number of furan rings is 1. The zero-order chi connectivity index (χ0) is 24.6. The molecule has 1 heterocycles. The van der Waals surface area contributed by atoms with Crippen molar-refractivity contribution >= 4 is 11.9 Å². The van der Waals surface area contributed by atoms with Crippen LogP contribution in [0.4, 0.5) is 0 Å². The Morgan fingerprint density at radius 1 is 0.970 bits per heavy atom. The Kier molecular flexibility index (Phi) is 9.38. The van der Waals surface area contributed by atoms with Crippen molar-refractivity contribution in [1.29, 1.82) is 0 Å². The van der Waals surface area contributed by atoms with Crippen LogP contribution < -0.4 is 9.47 Å². The number of hydrogen-bond acceptors (Lipinski definition) is 6. The molecule has 0 bridgehead atoms. The van der Waals surface area contributed by atoms with Crippen LogP contribution in [0.2, 0.25) is 0 Å². The molecule has 7 nitrogen and oxygen atoms in total. The van der Waals surface area contributed by atoms with Gasteiger partial charge in [0, 0.05) is 30.6 Å². The molecule has 182 valence electrons. The average Bonchev–Trinajstić information content (AvgIpc) is 3.21. The molecule has 0 N–H and O–H groups in total. The Bertz CT molecular complexity index is 921. The van der Waals surface area contributed by atoms with Crippen LogP contribution in [0.5, 0.6) is 11.5 Å². The predicted octanol–water partition coefficient (Wildman–Crippen LogP) is 4.97. The Labute approximate surface area is 197 Å². The smallest absolute Gasteiger partial charge is 0.311 e. The fourth-order valence-corrected chi connectivity index (χ4v) is 3.86. The highest BCUT2D eigenvalue weighted by molar-refractivity contribution is 5.95. The first-order valence-corrected chi connectivity index (χ1v) is 11.3. The normalized spacial score (nSPS) is 11.2. The molecule has 2 rings (SSSR count). The molecule has 0 spiro atoms. The Morgan fingerprint density at radius 2 is 1.58 bits per heavy atom. The quantitative estimate of drug-likeness (QED) is 0.417. The molecule has 2 aromatic rings. The number of hydrogen-bond donors (Lipinski definition) is 0. The number of aryl methyl sites for hydroxylation is 2. The van der Waals surface area contributed by atoms with E-state index in [-0.39, 0.29) is 11.9 Å². The van der Waals surface area contributed by atoms with Crippen LogP contribution in [0.1, 0.15) is 60.6 Å². The van der Waals surface area contributed by atoms with Gasteiger partial charge in [-0.15, -0.1) is 0 Å². The summed E-state index contributed by atoms with van der Waals surface area (Å²) in [5, 5.41) is 0. The lowest BCUT2D eigenvalue weighted by molar-refractivity contribution is -0.151. The standard InChI is InChI=1S/C26H37NO6/c1-18-11-12-21(33-18)10-8-14-27(15-9-13-26(3,4)25(29)32-7)24(28)20-16-22(30-5)19(2)23(17-20)31-6/h11-12,16-17H,8-10,13-15H2,1-7H3. The molecular formula is C26H37NO6. The van der Waals surface area contributed by atoms with Crippen LogP contribution in [0.25, 0.3) is 0 Å². The summed E-state index contributed by atoms with van der Waals surface area (Å²) in [6.45, 7) is 8.62. The van der Waals surface area contributed by atoms with Gasteiger partial charge in [0.05, 0.1) is 26.7 Å². The maximum atomic E-state index is 13.5. The van der Waals surface area contributed by atoms with Gasteiger partial charge in [-0.3, -0.25) is 9.59 Å². The van der Waals surface area contributed by atoms with E-state index in [0.29, 0.717) is 43.0 Å². The summed E-state index contributed by atoms with van der Waals surface area (Å²) in [5.41, 5.74) is 0.748. The number of carbonyl (C=O) groups excluding carboxylic acids is 2. The van der Waals surface area contributed by atoms with E-state index in [9.17, 15) is 9.59 Å². The van der Waals surface area contributed by atoms with Gasteiger partial charge >= 0.3 is 5.97 Å². The fourth-order valence-electron chi connectivity index (χ4n) is 3.86. The monoisotopic (exact) mass is 459 g/mol. The third kappa shape index (κ3) is 7.01. The number of esters is 1. The van der Waals surface area contributed by atoms with E-state index in [2.05, 4.69) is 0 Å². The number of rotatable bonds is 12. The van der Waals surface area contributed by atoms with E-state index in [1.165, 1.54) is 7.11 Å². The number of amides is 1. The van der Waals surface area contributed by atoms with Crippen molar-refractivity contribution in [1.82, 2.24) is 4.90 Å². The molecule has 1 aromatic carbocycles. The number of carbonyl (C=O) groups is 2. The van der Waals surface area contributed by atoms with Gasteiger partial charge in [-0.1, -0.05) is 0 Å². The maximum absolute atomic E-state index is 13.5. The van der Waals surface area contributed by atoms with Gasteiger partial charge in [0.25, 0.3) is 5.91 Å². The molecule has 0 aliphatic rings. The molecule has 0 unspecified atom stereocenters. The van der Waals surface area contributed by atoms with Crippen molar-refractivity contribution in [3.8, 4) is 11.5 Å². The lowest BCUT2D eigenvalue weighted by atomic mass is 9.88. The molecule has 0 radical (unpaired) electrons. The lowest BCUT2D eigenvalue weighted by Gasteiger charge is -2.26. The zero-order valence-corrected chi connectivity index (χ0v) is 20.9. The van der Waals surface area contributed by atoms with Gasteiger partial charge in [0.1, 0.15) is 23.0 Å². The second-order valence-corrected chi connectivity index (χ2v) is 8.89. The SMILES string of the molecule is COC(=O)C(C)(C)CCCN(CCCc1ccc(C)o1)C(=O)c1cc(OC)c(C)c(OC)c1. The summed E-state index contributed by atoms with van der Waals surface area (Å²) in [4.78, 5) is 27.3. The predicted molar refractivity (Wildman–Crippen MR) is 127 cm³/mol. The van der Waals surface area contributed by atoms with E-state index in [1.54, 1.807) is 26.4 Å². The molecular weight excluding hydrogens is 422 g/mol. The first-order chi connectivity index (χ1) is 15.6. The molecule has 33 heavy (non-hydrogen) atoms. The van der Waals surface area contributed by atoms with Crippen LogP contribution in [-0.2, 0) is 16.0 Å². The Balaban J connectivity index is 2.17. The van der Waals surface area contributed by atoms with Gasteiger partial charge in [0.15, 0.2) is 0 Å². The molecule has 0 saturated heterocycles. The van der Waals surface area contributed by atoms with Crippen molar-refractivity contribution < 1.29 is 28.2 Å². The summed E-state index contributed by atoms with van der Waals surface area (Å²) in [6.07, 6.45) is 2.79. The highest BCUT2D eigenvalue weighted by Gasteiger charge is 2.29. The van der Waals surface area contributed by atoms with Gasteiger partial charge in [-0.05, 0) is 71.2 Å². The third-order valence-corrected chi connectivity index (χ3v) is 5.90. The Morgan fingerprint density at radius 3 is 2.09 bits per heavy atom. The average molecular weight is 460 g/mol. The maximum Gasteiger partial charge on any atom is 0.311 e. The van der Waals surface area contributed by atoms with Crippen LogP contribution in [-0.4, -0.2) is 51.2 Å². The minimum atomic E-state index is -0.606. The van der Waals surface area contributed by atoms with Crippen LogP contribution >= 0.6 is 0 Å². The fraction of sp³-hybridized carbons (Fsp3) is 0.538. The van der Waals surface area contributed by atoms with Crippen molar-refractivity contribution in [2.45, 2.75) is 53.4 Å². The third-order valence-electron chi connectivity index (χ3n) is 5.90. The van der Waals surface area contributed by atoms with Crippen molar-refractivity contribution in [3.05, 3.63) is 46.9 Å². The van der Waals surface area contributed by atoms with Gasteiger partial charge in [-0.25, -0.2) is 0 Å². The summed E-state index contributed by atoms with van der Waals surface area (Å²) in [5.74, 6) is 2.65. The zero-order valence-electron chi connectivity index (χ0n) is 20.9. The molecule has 1 amide bonds. The highest BCUT2D eigenvalue weighted by Crippen LogP contribution is 2.30. The van der Waals surface area contributed by atoms with Gasteiger partial charge in [0.2, 0.25) is 0 Å². The number of ether oxygens (including phenoxy) is 3. The van der Waals surface area contributed by atoms with Crippen molar-refractivity contribution in [3.63, 3.8) is 0 Å². The lowest BCUT2D eigenvalue weighted by Crippen LogP contribution is -2.34. The molecule has 7 heteroatoms. The number of methoxy groups -OCH3 is 3. The van der Waals surface area contributed by atoms with Crippen molar-refractivity contribution in [2.24, 2.45) is 5.41 Å². The van der Waals surface area contributed by atoms with Crippen LogP contribution in [0.15, 0.2) is 28.7 Å². The summed E-state index contributed by atoms with van der Waals surface area (Å²) in [7, 11) is 4.55. The topological polar surface area (TPSA) is 78.2 Å². The summed E-state index contributed by atoms with van der Waals surface area (Å²) >= 11 is 0. The van der Waals surface area contributed by atoms with E-state index in [4.69, 9.17) is 18.6 Å². The van der Waals surface area contributed by atoms with Crippen LogP contribution in [0, 0.1) is 19.3 Å². The highest BCUT2D eigenvalue weighted by atomic mass is 16.5. The number of benzene rings is 1. The molecule has 0 fully saturated rings. The molecule has 0 aliphatic carbocycles.